The van der Waals surface area contributed by atoms with Crippen LogP contribution in [-0.4, -0.2) is 46.9 Å². The molecule has 138 valence electrons. The molecule has 26 heavy (non-hydrogen) atoms. The summed E-state index contributed by atoms with van der Waals surface area (Å²) in [4.78, 5) is 31.0. The molecule has 0 bridgehead atoms. The number of carbonyl (C=O) groups is 2. The Bertz CT molecular complexity index is 718. The average Bonchev–Trinajstić information content (AvgIpc) is 3.26. The van der Waals surface area contributed by atoms with Crippen molar-refractivity contribution in [2.45, 2.75) is 38.4 Å². The van der Waals surface area contributed by atoms with E-state index in [0.717, 1.165) is 11.3 Å². The van der Waals surface area contributed by atoms with Gasteiger partial charge in [0.05, 0.1) is 25.0 Å². The fourth-order valence-corrected chi connectivity index (χ4v) is 3.31. The number of carbonyl (C=O) groups excluding carboxylic acids is 2. The van der Waals surface area contributed by atoms with Crippen molar-refractivity contribution in [1.29, 1.82) is 0 Å². The highest BCUT2D eigenvalue weighted by Gasteiger charge is 2.37. The summed E-state index contributed by atoms with van der Waals surface area (Å²) in [6.07, 6.45) is 5.82. The number of nitrogens with zero attached hydrogens (tertiary/aromatic N) is 2. The molecule has 2 aromatic heterocycles. The summed E-state index contributed by atoms with van der Waals surface area (Å²) in [7, 11) is 0. The summed E-state index contributed by atoms with van der Waals surface area (Å²) in [6.45, 7) is 3.73. The third-order valence-electron chi connectivity index (χ3n) is 4.46. The number of nitrogens with one attached hydrogen (secondary N) is 2. The van der Waals surface area contributed by atoms with Crippen LogP contribution >= 0.6 is 0 Å². The molecule has 0 radical (unpaired) electrons. The second-order valence-corrected chi connectivity index (χ2v) is 6.47. The van der Waals surface area contributed by atoms with Gasteiger partial charge in [-0.05, 0) is 31.5 Å². The van der Waals surface area contributed by atoms with Gasteiger partial charge in [-0.3, -0.25) is 19.5 Å². The molecule has 1 saturated heterocycles. The molecule has 2 atom stereocenters. The van der Waals surface area contributed by atoms with Gasteiger partial charge in [-0.15, -0.1) is 0 Å². The molecule has 2 aromatic rings. The highest BCUT2D eigenvalue weighted by Crippen LogP contribution is 2.21. The normalized spacial score (nSPS) is 20.0. The van der Waals surface area contributed by atoms with Crippen LogP contribution in [0.5, 0.6) is 0 Å². The lowest BCUT2D eigenvalue weighted by Gasteiger charge is -2.22. The smallest absolute Gasteiger partial charge is 0.237 e. The quantitative estimate of drug-likeness (QED) is 0.776. The van der Waals surface area contributed by atoms with Gasteiger partial charge >= 0.3 is 0 Å². The first-order valence-corrected chi connectivity index (χ1v) is 8.87. The number of likely N-dealkylation sites (tertiary alicyclic amines) is 1. The predicted molar refractivity (Wildman–Crippen MR) is 96.1 cm³/mol. The highest BCUT2D eigenvalue weighted by molar-refractivity contribution is 5.83. The van der Waals surface area contributed by atoms with Crippen molar-refractivity contribution < 1.29 is 14.0 Å². The van der Waals surface area contributed by atoms with Gasteiger partial charge < -0.3 is 15.1 Å². The Morgan fingerprint density at radius 1 is 1.35 bits per heavy atom. The van der Waals surface area contributed by atoms with E-state index in [1.807, 2.05) is 31.2 Å². The lowest BCUT2D eigenvalue weighted by Crippen LogP contribution is -2.42. The van der Waals surface area contributed by atoms with Crippen molar-refractivity contribution in [3.8, 4) is 0 Å². The molecule has 3 rings (SSSR count). The van der Waals surface area contributed by atoms with Crippen LogP contribution in [0.25, 0.3) is 0 Å². The van der Waals surface area contributed by atoms with Gasteiger partial charge in [0.15, 0.2) is 0 Å². The van der Waals surface area contributed by atoms with Crippen molar-refractivity contribution in [2.75, 3.05) is 13.1 Å². The second kappa shape index (κ2) is 8.62. The Labute approximate surface area is 152 Å². The maximum absolute atomic E-state index is 12.4. The van der Waals surface area contributed by atoms with E-state index in [4.69, 9.17) is 4.42 Å². The summed E-state index contributed by atoms with van der Waals surface area (Å²) in [5.74, 6) is -0.0778. The number of hydrogen-bond acceptors (Lipinski definition) is 5. The first kappa shape index (κ1) is 18.1. The van der Waals surface area contributed by atoms with Crippen molar-refractivity contribution in [2.24, 2.45) is 0 Å². The standard InChI is InChI=1S/C19H24N4O3/c1-2-20-19(25)17-9-16(12-23(17)11-14-6-8-26-13-14)22-18(24)10-15-5-3-4-7-21-15/h3-8,13,16-17H,2,9-12H2,1H3,(H,20,25)(H,22,24)/t16-,17-/m0/s1. The minimum Gasteiger partial charge on any atom is -0.472 e. The van der Waals surface area contributed by atoms with Crippen molar-refractivity contribution >= 4 is 11.8 Å². The predicted octanol–water partition coefficient (Wildman–Crippen LogP) is 1.11. The molecule has 3 heterocycles. The van der Waals surface area contributed by atoms with Crippen LogP contribution in [0.3, 0.4) is 0 Å². The van der Waals surface area contributed by atoms with Crippen LogP contribution in [0.15, 0.2) is 47.4 Å². The lowest BCUT2D eigenvalue weighted by atomic mass is 10.1. The Kier molecular flexibility index (Phi) is 6.01. The molecular formula is C19H24N4O3. The molecule has 1 aliphatic rings. The van der Waals surface area contributed by atoms with Crippen LogP contribution in [-0.2, 0) is 22.6 Å². The summed E-state index contributed by atoms with van der Waals surface area (Å²) in [6, 6.07) is 7.08. The molecule has 0 aromatic carbocycles. The van der Waals surface area contributed by atoms with E-state index >= 15 is 0 Å². The average molecular weight is 356 g/mol. The minimum absolute atomic E-state index is 0.00234. The Morgan fingerprint density at radius 3 is 2.92 bits per heavy atom. The van der Waals surface area contributed by atoms with Crippen molar-refractivity contribution in [1.82, 2.24) is 20.5 Å². The number of furan rings is 1. The molecule has 1 aliphatic heterocycles. The number of rotatable bonds is 7. The molecular weight excluding hydrogens is 332 g/mol. The lowest BCUT2D eigenvalue weighted by molar-refractivity contribution is -0.125. The zero-order valence-electron chi connectivity index (χ0n) is 14.9. The van der Waals surface area contributed by atoms with E-state index < -0.39 is 0 Å². The van der Waals surface area contributed by atoms with Crippen LogP contribution in [0.2, 0.25) is 0 Å². The van der Waals surface area contributed by atoms with Gasteiger partial charge in [0.2, 0.25) is 11.8 Å². The first-order valence-electron chi connectivity index (χ1n) is 8.87. The SMILES string of the molecule is CCNC(=O)[C@@H]1C[C@H](NC(=O)Cc2ccccn2)CN1Cc1ccoc1. The number of amides is 2. The summed E-state index contributed by atoms with van der Waals surface area (Å²) >= 11 is 0. The van der Waals surface area contributed by atoms with Crippen molar-refractivity contribution in [3.05, 3.63) is 54.2 Å². The number of aromatic nitrogens is 1. The van der Waals surface area contributed by atoms with E-state index in [2.05, 4.69) is 20.5 Å². The summed E-state index contributed by atoms with van der Waals surface area (Å²) in [5, 5.41) is 5.92. The van der Waals surface area contributed by atoms with Crippen LogP contribution in [0.1, 0.15) is 24.6 Å². The Balaban J connectivity index is 1.61. The maximum atomic E-state index is 12.4. The third-order valence-corrected chi connectivity index (χ3v) is 4.46. The zero-order valence-corrected chi connectivity index (χ0v) is 14.9. The largest absolute Gasteiger partial charge is 0.472 e. The van der Waals surface area contributed by atoms with E-state index in [-0.39, 0.29) is 30.3 Å². The van der Waals surface area contributed by atoms with Gasteiger partial charge in [-0.2, -0.15) is 0 Å². The Hall–Kier alpha value is -2.67. The van der Waals surface area contributed by atoms with Gasteiger partial charge in [-0.25, -0.2) is 0 Å². The van der Waals surface area contributed by atoms with Gasteiger partial charge in [0.25, 0.3) is 0 Å². The monoisotopic (exact) mass is 356 g/mol. The van der Waals surface area contributed by atoms with E-state index in [1.54, 1.807) is 18.7 Å². The molecule has 2 amide bonds. The molecule has 0 saturated carbocycles. The first-order chi connectivity index (χ1) is 12.7. The third kappa shape index (κ3) is 4.70. The number of pyridine rings is 1. The minimum atomic E-state index is -0.259. The highest BCUT2D eigenvalue weighted by atomic mass is 16.3. The zero-order chi connectivity index (χ0) is 18.4. The Morgan fingerprint density at radius 2 is 2.23 bits per heavy atom. The van der Waals surface area contributed by atoms with Crippen LogP contribution < -0.4 is 10.6 Å². The topological polar surface area (TPSA) is 87.5 Å². The number of likely N-dealkylation sites (N-methyl/N-ethyl adjacent to an activating group) is 1. The molecule has 0 unspecified atom stereocenters. The molecule has 1 fully saturated rings. The van der Waals surface area contributed by atoms with Crippen molar-refractivity contribution in [3.63, 3.8) is 0 Å². The molecule has 0 spiro atoms. The van der Waals surface area contributed by atoms with E-state index in [1.165, 1.54) is 0 Å². The fourth-order valence-electron chi connectivity index (χ4n) is 3.31. The van der Waals surface area contributed by atoms with Gasteiger partial charge in [0, 0.05) is 43.1 Å². The van der Waals surface area contributed by atoms with Crippen LogP contribution in [0.4, 0.5) is 0 Å². The number of hydrogen-bond donors (Lipinski definition) is 2. The van der Waals surface area contributed by atoms with Crippen LogP contribution in [0, 0.1) is 0 Å². The summed E-state index contributed by atoms with van der Waals surface area (Å²) < 4.78 is 5.12. The molecule has 2 N–H and O–H groups in total. The van der Waals surface area contributed by atoms with E-state index in [9.17, 15) is 9.59 Å². The molecule has 7 heteroatoms. The maximum Gasteiger partial charge on any atom is 0.237 e. The van der Waals surface area contributed by atoms with E-state index in [0.29, 0.717) is 26.1 Å². The molecule has 0 aliphatic carbocycles. The second-order valence-electron chi connectivity index (χ2n) is 6.47. The van der Waals surface area contributed by atoms with Gasteiger partial charge in [-0.1, -0.05) is 6.07 Å². The van der Waals surface area contributed by atoms with Gasteiger partial charge in [0.1, 0.15) is 0 Å². The molecule has 7 nitrogen and oxygen atoms in total. The fraction of sp³-hybridized carbons (Fsp3) is 0.421. The summed E-state index contributed by atoms with van der Waals surface area (Å²) in [5.41, 5.74) is 1.75.